The summed E-state index contributed by atoms with van der Waals surface area (Å²) in [6, 6.07) is 7.46. The van der Waals surface area contributed by atoms with E-state index in [0.29, 0.717) is 16.9 Å². The second kappa shape index (κ2) is 3.69. The van der Waals surface area contributed by atoms with Crippen LogP contribution in [0.1, 0.15) is 0 Å². The highest BCUT2D eigenvalue weighted by atomic mass is 16.4. The molecule has 90 valence electrons. The third-order valence-electron chi connectivity index (χ3n) is 2.87. The number of benzene rings is 1. The van der Waals surface area contributed by atoms with E-state index in [1.54, 1.807) is 4.57 Å². The molecule has 6 heteroatoms. The topological polar surface area (TPSA) is 94.0 Å². The largest absolute Gasteiger partial charge is 0.480 e. The SMILES string of the molecule is Nc1ncnc2c1c1ccccc1n2CC(=O)O. The van der Waals surface area contributed by atoms with Gasteiger partial charge in [0.15, 0.2) is 0 Å². The quantitative estimate of drug-likeness (QED) is 0.705. The van der Waals surface area contributed by atoms with Crippen LogP contribution >= 0.6 is 0 Å². The van der Waals surface area contributed by atoms with Crippen LogP contribution in [0.3, 0.4) is 0 Å². The summed E-state index contributed by atoms with van der Waals surface area (Å²) in [7, 11) is 0. The maximum Gasteiger partial charge on any atom is 0.323 e. The van der Waals surface area contributed by atoms with Gasteiger partial charge in [0, 0.05) is 5.39 Å². The van der Waals surface area contributed by atoms with Crippen LogP contribution in [-0.2, 0) is 11.3 Å². The van der Waals surface area contributed by atoms with Gasteiger partial charge in [-0.05, 0) is 6.07 Å². The zero-order valence-corrected chi connectivity index (χ0v) is 9.37. The number of para-hydroxylation sites is 1. The van der Waals surface area contributed by atoms with Gasteiger partial charge >= 0.3 is 5.97 Å². The Hall–Kier alpha value is -2.63. The number of carboxylic acid groups (broad SMARTS) is 1. The van der Waals surface area contributed by atoms with Gasteiger partial charge in [-0.25, -0.2) is 9.97 Å². The van der Waals surface area contributed by atoms with E-state index in [1.807, 2.05) is 24.3 Å². The molecule has 2 aromatic heterocycles. The van der Waals surface area contributed by atoms with Crippen LogP contribution in [0.25, 0.3) is 21.9 Å². The van der Waals surface area contributed by atoms with Gasteiger partial charge in [0.2, 0.25) is 0 Å². The molecule has 0 bridgehead atoms. The average Bonchev–Trinajstić information content (AvgIpc) is 2.65. The zero-order valence-electron chi connectivity index (χ0n) is 9.37. The Kier molecular flexibility index (Phi) is 2.16. The molecule has 6 nitrogen and oxygen atoms in total. The zero-order chi connectivity index (χ0) is 12.7. The number of aliphatic carboxylic acids is 1. The summed E-state index contributed by atoms with van der Waals surface area (Å²) in [5.74, 6) is -0.560. The summed E-state index contributed by atoms with van der Waals surface area (Å²) in [5, 5.41) is 10.5. The van der Waals surface area contributed by atoms with Gasteiger partial charge in [-0.3, -0.25) is 4.79 Å². The van der Waals surface area contributed by atoms with Crippen LogP contribution in [0.4, 0.5) is 5.82 Å². The Labute approximate surface area is 102 Å². The Balaban J connectivity index is 2.50. The average molecular weight is 242 g/mol. The number of fused-ring (bicyclic) bond motifs is 3. The van der Waals surface area contributed by atoms with Crippen LogP contribution in [0.5, 0.6) is 0 Å². The molecule has 0 aliphatic carbocycles. The number of rotatable bonds is 2. The number of nitrogens with zero attached hydrogens (tertiary/aromatic N) is 3. The lowest BCUT2D eigenvalue weighted by Gasteiger charge is -2.02. The molecule has 0 fully saturated rings. The maximum atomic E-state index is 10.9. The highest BCUT2D eigenvalue weighted by Crippen LogP contribution is 2.30. The first-order chi connectivity index (χ1) is 8.68. The minimum atomic E-state index is -0.921. The fraction of sp³-hybridized carbons (Fsp3) is 0.0833. The van der Waals surface area contributed by atoms with Crippen LogP contribution in [0.2, 0.25) is 0 Å². The number of nitrogens with two attached hydrogens (primary N) is 1. The van der Waals surface area contributed by atoms with Gasteiger partial charge in [-0.15, -0.1) is 0 Å². The molecule has 1 aromatic carbocycles. The second-order valence-corrected chi connectivity index (χ2v) is 3.95. The first-order valence-corrected chi connectivity index (χ1v) is 5.37. The van der Waals surface area contributed by atoms with Crippen molar-refractivity contribution in [3.63, 3.8) is 0 Å². The van der Waals surface area contributed by atoms with Gasteiger partial charge in [0.1, 0.15) is 24.3 Å². The van der Waals surface area contributed by atoms with Crippen LogP contribution in [-0.4, -0.2) is 25.6 Å². The Morgan fingerprint density at radius 1 is 1.33 bits per heavy atom. The van der Waals surface area contributed by atoms with Crippen LogP contribution in [0.15, 0.2) is 30.6 Å². The molecule has 18 heavy (non-hydrogen) atoms. The van der Waals surface area contributed by atoms with Crippen molar-refractivity contribution in [3.05, 3.63) is 30.6 Å². The molecule has 2 heterocycles. The molecule has 0 radical (unpaired) electrons. The molecule has 0 aliphatic rings. The van der Waals surface area contributed by atoms with E-state index in [4.69, 9.17) is 10.8 Å². The molecule has 3 rings (SSSR count). The lowest BCUT2D eigenvalue weighted by atomic mass is 10.2. The van der Waals surface area contributed by atoms with Crippen molar-refractivity contribution in [2.24, 2.45) is 0 Å². The molecule has 0 spiro atoms. The number of hydrogen-bond acceptors (Lipinski definition) is 4. The van der Waals surface area contributed by atoms with Crippen molar-refractivity contribution >= 4 is 33.7 Å². The molecule has 3 aromatic rings. The number of hydrogen-bond donors (Lipinski definition) is 2. The lowest BCUT2D eigenvalue weighted by molar-refractivity contribution is -0.137. The minimum absolute atomic E-state index is 0.152. The van der Waals surface area contributed by atoms with Crippen molar-refractivity contribution in [2.75, 3.05) is 5.73 Å². The van der Waals surface area contributed by atoms with Crippen LogP contribution in [0, 0.1) is 0 Å². The number of carboxylic acids is 1. The number of aromatic nitrogens is 3. The predicted octanol–water partition coefficient (Wildman–Crippen LogP) is 1.25. The van der Waals surface area contributed by atoms with Crippen LogP contribution < -0.4 is 5.73 Å². The molecule has 0 unspecified atom stereocenters. The highest BCUT2D eigenvalue weighted by Gasteiger charge is 2.15. The third-order valence-corrected chi connectivity index (χ3v) is 2.87. The van der Waals surface area contributed by atoms with Crippen molar-refractivity contribution in [2.45, 2.75) is 6.54 Å². The standard InChI is InChI=1S/C12H10N4O2/c13-11-10-7-3-1-2-4-8(7)16(5-9(17)18)12(10)15-6-14-11/h1-4,6H,5H2,(H,17,18)(H2,13,14,15). The van der Waals surface area contributed by atoms with Crippen molar-refractivity contribution in [1.82, 2.24) is 14.5 Å². The summed E-state index contributed by atoms with van der Waals surface area (Å²) in [4.78, 5) is 19.0. The molecular weight excluding hydrogens is 232 g/mol. The number of anilines is 1. The number of carbonyl (C=O) groups is 1. The van der Waals surface area contributed by atoms with E-state index in [0.717, 1.165) is 10.9 Å². The molecular formula is C12H10N4O2. The minimum Gasteiger partial charge on any atom is -0.480 e. The first-order valence-electron chi connectivity index (χ1n) is 5.37. The summed E-state index contributed by atoms with van der Waals surface area (Å²) < 4.78 is 1.63. The lowest BCUT2D eigenvalue weighted by Crippen LogP contribution is -2.09. The fourth-order valence-corrected chi connectivity index (χ4v) is 2.18. The Morgan fingerprint density at radius 2 is 2.11 bits per heavy atom. The van der Waals surface area contributed by atoms with Gasteiger partial charge < -0.3 is 15.4 Å². The smallest absolute Gasteiger partial charge is 0.323 e. The molecule has 0 amide bonds. The van der Waals surface area contributed by atoms with E-state index in [1.165, 1.54) is 6.33 Å². The van der Waals surface area contributed by atoms with Gasteiger partial charge in [-0.1, -0.05) is 18.2 Å². The van der Waals surface area contributed by atoms with Crippen molar-refractivity contribution < 1.29 is 9.90 Å². The second-order valence-electron chi connectivity index (χ2n) is 3.95. The summed E-state index contributed by atoms with van der Waals surface area (Å²) in [6.07, 6.45) is 1.34. The van der Waals surface area contributed by atoms with Crippen molar-refractivity contribution in [1.29, 1.82) is 0 Å². The van der Waals surface area contributed by atoms with E-state index >= 15 is 0 Å². The number of nitrogen functional groups attached to an aromatic ring is 1. The normalized spacial score (nSPS) is 11.1. The third kappa shape index (κ3) is 1.39. The molecule has 0 aliphatic heterocycles. The fourth-order valence-electron chi connectivity index (χ4n) is 2.18. The molecule has 0 saturated heterocycles. The molecule has 0 atom stereocenters. The Morgan fingerprint density at radius 3 is 2.89 bits per heavy atom. The van der Waals surface area contributed by atoms with E-state index in [2.05, 4.69) is 9.97 Å². The molecule has 0 saturated carbocycles. The molecule has 3 N–H and O–H groups in total. The Bertz CT molecular complexity index is 763. The summed E-state index contributed by atoms with van der Waals surface area (Å²) in [5.41, 5.74) is 7.20. The summed E-state index contributed by atoms with van der Waals surface area (Å²) >= 11 is 0. The van der Waals surface area contributed by atoms with E-state index < -0.39 is 5.97 Å². The maximum absolute atomic E-state index is 10.9. The summed E-state index contributed by atoms with van der Waals surface area (Å²) in [6.45, 7) is -0.152. The van der Waals surface area contributed by atoms with E-state index in [-0.39, 0.29) is 6.54 Å². The monoisotopic (exact) mass is 242 g/mol. The van der Waals surface area contributed by atoms with Gasteiger partial charge in [0.05, 0.1) is 10.9 Å². The first kappa shape index (κ1) is 10.5. The highest BCUT2D eigenvalue weighted by molar-refractivity contribution is 6.11. The van der Waals surface area contributed by atoms with E-state index in [9.17, 15) is 4.79 Å². The van der Waals surface area contributed by atoms with Crippen molar-refractivity contribution in [3.8, 4) is 0 Å². The van der Waals surface area contributed by atoms with Gasteiger partial charge in [-0.2, -0.15) is 0 Å². The van der Waals surface area contributed by atoms with Gasteiger partial charge in [0.25, 0.3) is 0 Å². The predicted molar refractivity (Wildman–Crippen MR) is 67.1 cm³/mol.